The molecule has 0 bridgehead atoms. The van der Waals surface area contributed by atoms with Crippen LogP contribution in [0.5, 0.6) is 11.5 Å². The van der Waals surface area contributed by atoms with Crippen LogP contribution in [0.25, 0.3) is 27.6 Å². The van der Waals surface area contributed by atoms with Gasteiger partial charge in [0.15, 0.2) is 0 Å². The molecule has 0 radical (unpaired) electrons. The van der Waals surface area contributed by atoms with Gasteiger partial charge in [-0.15, -0.1) is 48.1 Å². The summed E-state index contributed by atoms with van der Waals surface area (Å²) in [5.74, 6) is 2.61. The third-order valence-electron chi connectivity index (χ3n) is 8.14. The number of anilines is 2. The molecule has 7 rings (SSSR count). The summed E-state index contributed by atoms with van der Waals surface area (Å²) in [6.45, 7) is 13.1. The molecule has 4 aromatic carbocycles. The van der Waals surface area contributed by atoms with E-state index in [9.17, 15) is 0 Å². The maximum Gasteiger partial charge on any atom is 0.135 e. The fourth-order valence-corrected chi connectivity index (χ4v) is 5.62. The van der Waals surface area contributed by atoms with E-state index in [4.69, 9.17) is 9.72 Å². The van der Waals surface area contributed by atoms with E-state index in [0.29, 0.717) is 17.4 Å². The average molecular weight is 771 g/mol. The molecule has 45 heavy (non-hydrogen) atoms. The molecule has 0 atom stereocenters. The smallest absolute Gasteiger partial charge is 0.135 e. The molecule has 0 aliphatic carbocycles. The summed E-state index contributed by atoms with van der Waals surface area (Å²) >= 11 is 0. The van der Waals surface area contributed by atoms with E-state index in [0.717, 1.165) is 39.0 Å². The molecule has 0 amide bonds. The van der Waals surface area contributed by atoms with Gasteiger partial charge in [0.2, 0.25) is 0 Å². The Morgan fingerprint density at radius 2 is 1.53 bits per heavy atom. The number of aromatic nitrogens is 2. The van der Waals surface area contributed by atoms with E-state index in [2.05, 4.69) is 136 Å². The van der Waals surface area contributed by atoms with Gasteiger partial charge in [-0.3, -0.25) is 0 Å². The summed E-state index contributed by atoms with van der Waals surface area (Å²) < 4.78 is 8.56. The van der Waals surface area contributed by atoms with Gasteiger partial charge in [-0.1, -0.05) is 70.5 Å². The minimum Gasteiger partial charge on any atom is -0.509 e. The first-order valence-corrected chi connectivity index (χ1v) is 15.1. The molecule has 3 heterocycles. The van der Waals surface area contributed by atoms with Crippen LogP contribution in [-0.4, -0.2) is 9.55 Å². The predicted octanol–water partition coefficient (Wildman–Crippen LogP) is 9.91. The molecule has 6 aromatic rings. The summed E-state index contributed by atoms with van der Waals surface area (Å²) in [5, 5.41) is 2.26. The van der Waals surface area contributed by atoms with Crippen molar-refractivity contribution in [2.24, 2.45) is 0 Å². The van der Waals surface area contributed by atoms with Gasteiger partial charge in [0, 0.05) is 50.0 Å². The minimum atomic E-state index is 0. The Hall–Kier alpha value is -4.34. The molecule has 0 unspecified atom stereocenters. The number of rotatable bonds is 6. The Morgan fingerprint density at radius 1 is 0.778 bits per heavy atom. The summed E-state index contributed by atoms with van der Waals surface area (Å²) in [4.78, 5) is 8.93. The fourth-order valence-electron chi connectivity index (χ4n) is 5.62. The summed E-state index contributed by atoms with van der Waals surface area (Å²) in [5.41, 5.74) is 6.58. The number of hydrogen-bond acceptors (Lipinski definition) is 4. The summed E-state index contributed by atoms with van der Waals surface area (Å²) in [7, 11) is 0. The van der Waals surface area contributed by atoms with Crippen molar-refractivity contribution in [3.05, 3.63) is 140 Å². The molecule has 1 aliphatic heterocycles. The number of nitrogens with zero attached hydrogens (tertiary/aromatic N) is 4. The standard InChI is InChI=1S/C39H35N4O.Pt/c1-27(2)28-13-15-30(16-14-28)41-21-22-42(26-41)31-9-8-10-32(24-31)44-33-17-18-35-34-11-6-7-12-36(34)43(37(35)25-33)38-23-29(19-20-40-38)39(3,4)5;/h6-23,26-27H,1-5H3;/q-3;. The van der Waals surface area contributed by atoms with Gasteiger partial charge < -0.3 is 19.1 Å². The third-order valence-corrected chi connectivity index (χ3v) is 8.14. The molecule has 6 heteroatoms. The number of benzene rings is 4. The van der Waals surface area contributed by atoms with Crippen molar-refractivity contribution in [3.8, 4) is 17.3 Å². The first kappa shape index (κ1) is 30.7. The van der Waals surface area contributed by atoms with E-state index in [1.807, 2.05) is 41.6 Å². The van der Waals surface area contributed by atoms with Crippen LogP contribution in [0.1, 0.15) is 51.7 Å². The molecule has 2 aromatic heterocycles. The van der Waals surface area contributed by atoms with Crippen molar-refractivity contribution < 1.29 is 25.8 Å². The SMILES string of the molecule is CC(C)c1ccc(N2C=CN(c3[c-]c(Oc4[c-]c5c(cc4)c4ccccc4n5-c4cc(C(C)(C)C)ccn4)ccc3)[CH-]2)cc1.[Pt]. The predicted molar refractivity (Wildman–Crippen MR) is 180 cm³/mol. The largest absolute Gasteiger partial charge is 0.509 e. The van der Waals surface area contributed by atoms with Crippen molar-refractivity contribution in [3.63, 3.8) is 0 Å². The second-order valence-electron chi connectivity index (χ2n) is 12.6. The van der Waals surface area contributed by atoms with Crippen LogP contribution in [0.4, 0.5) is 11.4 Å². The number of hydrogen-bond donors (Lipinski definition) is 0. The Balaban J connectivity index is 0.00000357. The maximum atomic E-state index is 6.38. The van der Waals surface area contributed by atoms with Crippen LogP contribution in [0, 0.1) is 18.8 Å². The normalized spacial score (nSPS) is 13.2. The van der Waals surface area contributed by atoms with E-state index in [-0.39, 0.29) is 26.5 Å². The number of ether oxygens (including phenoxy) is 1. The Morgan fingerprint density at radius 3 is 2.31 bits per heavy atom. The molecule has 230 valence electrons. The Labute approximate surface area is 280 Å². The Kier molecular flexibility index (Phi) is 8.33. The molecular weight excluding hydrogens is 736 g/mol. The number of para-hydroxylation sites is 1. The van der Waals surface area contributed by atoms with Gasteiger partial charge in [-0.2, -0.15) is 12.1 Å². The number of fused-ring (bicyclic) bond motifs is 3. The first-order valence-electron chi connectivity index (χ1n) is 15.1. The summed E-state index contributed by atoms with van der Waals surface area (Å²) in [6.07, 6.45) is 5.97. The fraction of sp³-hybridized carbons (Fsp3) is 0.179. The molecule has 0 saturated carbocycles. The van der Waals surface area contributed by atoms with Crippen molar-refractivity contribution in [1.82, 2.24) is 9.55 Å². The van der Waals surface area contributed by atoms with Crippen LogP contribution < -0.4 is 14.5 Å². The van der Waals surface area contributed by atoms with E-state index < -0.39 is 0 Å². The third kappa shape index (κ3) is 6.02. The molecule has 0 spiro atoms. The van der Waals surface area contributed by atoms with Crippen LogP contribution in [0.15, 0.2) is 110 Å². The molecule has 0 fully saturated rings. The second kappa shape index (κ2) is 12.2. The van der Waals surface area contributed by atoms with Crippen molar-refractivity contribution in [1.29, 1.82) is 0 Å². The minimum absolute atomic E-state index is 0. The monoisotopic (exact) mass is 770 g/mol. The van der Waals surface area contributed by atoms with Crippen molar-refractivity contribution >= 4 is 33.2 Å². The van der Waals surface area contributed by atoms with Crippen LogP contribution in [0.2, 0.25) is 0 Å². The quantitative estimate of drug-likeness (QED) is 0.158. The van der Waals surface area contributed by atoms with Gasteiger partial charge in [-0.25, -0.2) is 4.98 Å². The Bertz CT molecular complexity index is 2000. The van der Waals surface area contributed by atoms with Crippen molar-refractivity contribution in [2.45, 2.75) is 46.0 Å². The second-order valence-corrected chi connectivity index (χ2v) is 12.6. The van der Waals surface area contributed by atoms with Crippen LogP contribution in [-0.2, 0) is 26.5 Å². The van der Waals surface area contributed by atoms with Gasteiger partial charge in [0.05, 0.1) is 0 Å². The topological polar surface area (TPSA) is 33.5 Å². The average Bonchev–Trinajstić information content (AvgIpc) is 3.64. The van der Waals surface area contributed by atoms with Crippen LogP contribution in [0.3, 0.4) is 0 Å². The maximum absolute atomic E-state index is 6.38. The van der Waals surface area contributed by atoms with Crippen molar-refractivity contribution in [2.75, 3.05) is 9.80 Å². The molecule has 0 saturated heterocycles. The first-order chi connectivity index (χ1) is 21.2. The van der Waals surface area contributed by atoms with E-state index in [1.54, 1.807) is 0 Å². The molecule has 0 N–H and O–H groups in total. The molecule has 1 aliphatic rings. The van der Waals surface area contributed by atoms with Gasteiger partial charge in [0.1, 0.15) is 5.82 Å². The van der Waals surface area contributed by atoms with Gasteiger partial charge in [-0.05, 0) is 70.6 Å². The van der Waals surface area contributed by atoms with Gasteiger partial charge >= 0.3 is 0 Å². The number of pyridine rings is 1. The van der Waals surface area contributed by atoms with Gasteiger partial charge in [0.25, 0.3) is 0 Å². The molecule has 5 nitrogen and oxygen atoms in total. The van der Waals surface area contributed by atoms with E-state index >= 15 is 0 Å². The van der Waals surface area contributed by atoms with Crippen LogP contribution >= 0.6 is 0 Å². The van der Waals surface area contributed by atoms with E-state index in [1.165, 1.54) is 11.1 Å². The zero-order valence-corrected chi connectivity index (χ0v) is 28.3. The zero-order valence-electron chi connectivity index (χ0n) is 26.1. The molecular formula is C39H35N4OPt-3. The summed E-state index contributed by atoms with van der Waals surface area (Å²) in [6, 6.07) is 38.4. The zero-order chi connectivity index (χ0) is 30.4.